The van der Waals surface area contributed by atoms with E-state index in [0.717, 1.165) is 25.3 Å². The second-order valence-corrected chi connectivity index (χ2v) is 8.76. The topological polar surface area (TPSA) is 86.8 Å². The molecule has 1 amide bonds. The summed E-state index contributed by atoms with van der Waals surface area (Å²) in [4.78, 5) is 19.2. The Morgan fingerprint density at radius 1 is 1.26 bits per heavy atom. The van der Waals surface area contributed by atoms with Gasteiger partial charge in [0, 0.05) is 25.4 Å². The average Bonchev–Trinajstić information content (AvgIpc) is 3.46. The van der Waals surface area contributed by atoms with Crippen LogP contribution in [0.25, 0.3) is 16.9 Å². The first-order valence-electron chi connectivity index (χ1n) is 10.2. The highest BCUT2D eigenvalue weighted by molar-refractivity contribution is 6.01. The molecule has 0 spiro atoms. The van der Waals surface area contributed by atoms with Gasteiger partial charge >= 0.3 is 0 Å². The Hall–Kier alpha value is -3.73. The van der Waals surface area contributed by atoms with Gasteiger partial charge in [0.05, 0.1) is 46.4 Å². The number of carbonyl (C=O) groups is 1. The van der Waals surface area contributed by atoms with Gasteiger partial charge in [-0.1, -0.05) is 19.9 Å². The molecule has 1 saturated heterocycles. The molecule has 7 nitrogen and oxygen atoms in total. The van der Waals surface area contributed by atoms with E-state index in [1.807, 2.05) is 12.1 Å². The van der Waals surface area contributed by atoms with Crippen molar-refractivity contribution in [2.45, 2.75) is 26.8 Å². The number of nitrogens with zero attached hydrogens (tertiary/aromatic N) is 5. The van der Waals surface area contributed by atoms with Crippen LogP contribution in [0.5, 0.6) is 0 Å². The van der Waals surface area contributed by atoms with E-state index in [1.165, 1.54) is 12.1 Å². The number of amides is 1. The number of pyridine rings is 1. The molecule has 1 fully saturated rings. The molecule has 0 aliphatic carbocycles. The molecule has 4 heterocycles. The second kappa shape index (κ2) is 6.91. The zero-order valence-corrected chi connectivity index (χ0v) is 17.3. The molecule has 1 N–H and O–H groups in total. The normalized spacial score (nSPS) is 16.8. The highest BCUT2D eigenvalue weighted by Crippen LogP contribution is 2.34. The third-order valence-electron chi connectivity index (χ3n) is 5.93. The van der Waals surface area contributed by atoms with Crippen LogP contribution in [-0.4, -0.2) is 33.8 Å². The van der Waals surface area contributed by atoms with Crippen molar-refractivity contribution in [3.05, 3.63) is 59.2 Å². The van der Waals surface area contributed by atoms with Crippen LogP contribution in [0.15, 0.2) is 36.5 Å². The summed E-state index contributed by atoms with van der Waals surface area (Å²) in [7, 11) is 0. The maximum Gasteiger partial charge on any atom is 0.255 e. The molecule has 8 heteroatoms. The lowest BCUT2D eigenvalue weighted by Gasteiger charge is -2.19. The van der Waals surface area contributed by atoms with E-state index in [-0.39, 0.29) is 29.0 Å². The van der Waals surface area contributed by atoms with Crippen LogP contribution < -0.4 is 10.2 Å². The predicted octanol–water partition coefficient (Wildman–Crippen LogP) is 3.42. The number of carbonyl (C=O) groups excluding carboxylic acids is 1. The van der Waals surface area contributed by atoms with Gasteiger partial charge in [0.25, 0.3) is 5.91 Å². The summed E-state index contributed by atoms with van der Waals surface area (Å²) >= 11 is 0. The molecule has 0 radical (unpaired) electrons. The summed E-state index contributed by atoms with van der Waals surface area (Å²) in [6.45, 7) is 6.55. The summed E-state index contributed by atoms with van der Waals surface area (Å²) in [6, 6.07) is 9.93. The fraction of sp³-hybridized carbons (Fsp3) is 0.304. The van der Waals surface area contributed by atoms with E-state index in [9.17, 15) is 14.4 Å². The monoisotopic (exact) mass is 416 g/mol. The van der Waals surface area contributed by atoms with Gasteiger partial charge < -0.3 is 10.2 Å². The summed E-state index contributed by atoms with van der Waals surface area (Å²) in [5, 5.41) is 17.0. The van der Waals surface area contributed by atoms with Crippen molar-refractivity contribution in [3.63, 3.8) is 0 Å². The van der Waals surface area contributed by atoms with Crippen molar-refractivity contribution in [1.82, 2.24) is 20.1 Å². The van der Waals surface area contributed by atoms with Crippen molar-refractivity contribution in [2.24, 2.45) is 5.41 Å². The molecule has 0 unspecified atom stereocenters. The van der Waals surface area contributed by atoms with Gasteiger partial charge in [-0.3, -0.25) is 4.79 Å². The van der Waals surface area contributed by atoms with E-state index in [0.29, 0.717) is 22.6 Å². The zero-order valence-electron chi connectivity index (χ0n) is 17.3. The standard InChI is InChI=1S/C23H21FN6O/c1-23(2)7-9-29(13-23)19-6-8-30(28-19)18-10-16(27-17-12-26-22(31)21(17)18)20-14(11-25)4-3-5-15(20)24/h3-6,8,10H,7,9,12-13H2,1-2H3,(H,26,31). The molecule has 2 aliphatic heterocycles. The van der Waals surface area contributed by atoms with E-state index >= 15 is 0 Å². The second-order valence-electron chi connectivity index (χ2n) is 8.76. The van der Waals surface area contributed by atoms with E-state index in [4.69, 9.17) is 5.10 Å². The Balaban J connectivity index is 1.64. The lowest BCUT2D eigenvalue weighted by atomic mass is 9.93. The van der Waals surface area contributed by atoms with Gasteiger partial charge in [0.15, 0.2) is 5.82 Å². The Morgan fingerprint density at radius 3 is 2.84 bits per heavy atom. The number of hydrogen-bond donors (Lipinski definition) is 1. The fourth-order valence-electron chi connectivity index (χ4n) is 4.32. The maximum absolute atomic E-state index is 14.7. The average molecular weight is 416 g/mol. The quantitative estimate of drug-likeness (QED) is 0.707. The molecular formula is C23H21FN6O. The van der Waals surface area contributed by atoms with Crippen molar-refractivity contribution in [1.29, 1.82) is 5.26 Å². The van der Waals surface area contributed by atoms with Crippen LogP contribution in [0.3, 0.4) is 0 Å². The predicted molar refractivity (Wildman–Crippen MR) is 113 cm³/mol. The van der Waals surface area contributed by atoms with Crippen molar-refractivity contribution >= 4 is 11.7 Å². The number of nitriles is 1. The lowest BCUT2D eigenvalue weighted by molar-refractivity contribution is 0.0965. The van der Waals surface area contributed by atoms with Crippen molar-refractivity contribution < 1.29 is 9.18 Å². The molecule has 5 rings (SSSR count). The van der Waals surface area contributed by atoms with Gasteiger partial charge in [-0.2, -0.15) is 10.4 Å². The number of hydrogen-bond acceptors (Lipinski definition) is 5. The molecular weight excluding hydrogens is 395 g/mol. The van der Waals surface area contributed by atoms with Gasteiger partial charge in [0.1, 0.15) is 5.82 Å². The minimum Gasteiger partial charge on any atom is -0.355 e. The molecule has 31 heavy (non-hydrogen) atoms. The van der Waals surface area contributed by atoms with Crippen LogP contribution in [0, 0.1) is 22.6 Å². The molecule has 156 valence electrons. The van der Waals surface area contributed by atoms with Crippen molar-refractivity contribution in [2.75, 3.05) is 18.0 Å². The third kappa shape index (κ3) is 3.22. The zero-order chi connectivity index (χ0) is 21.8. The summed E-state index contributed by atoms with van der Waals surface area (Å²) in [5.41, 5.74) is 2.32. The van der Waals surface area contributed by atoms with Crippen LogP contribution in [-0.2, 0) is 6.54 Å². The maximum atomic E-state index is 14.7. The van der Waals surface area contributed by atoms with Gasteiger partial charge in [-0.05, 0) is 30.0 Å². The first kappa shape index (κ1) is 19.2. The summed E-state index contributed by atoms with van der Waals surface area (Å²) < 4.78 is 16.3. The lowest BCUT2D eigenvalue weighted by Crippen LogP contribution is -2.23. The minimum atomic E-state index is -0.532. The number of aromatic nitrogens is 3. The minimum absolute atomic E-state index is 0.127. The smallest absolute Gasteiger partial charge is 0.255 e. The summed E-state index contributed by atoms with van der Waals surface area (Å²) in [5.74, 6) is 0.0623. The van der Waals surface area contributed by atoms with Crippen LogP contribution in [0.1, 0.15) is 41.9 Å². The number of fused-ring (bicyclic) bond motifs is 1. The third-order valence-corrected chi connectivity index (χ3v) is 5.93. The van der Waals surface area contributed by atoms with Crippen molar-refractivity contribution in [3.8, 4) is 23.0 Å². The largest absolute Gasteiger partial charge is 0.355 e. The Kier molecular flexibility index (Phi) is 4.29. The first-order valence-corrected chi connectivity index (χ1v) is 10.2. The molecule has 1 aromatic carbocycles. The number of halogens is 1. The van der Waals surface area contributed by atoms with Crippen LogP contribution in [0.4, 0.5) is 10.2 Å². The van der Waals surface area contributed by atoms with Gasteiger partial charge in [-0.15, -0.1) is 0 Å². The van der Waals surface area contributed by atoms with E-state index in [2.05, 4.69) is 29.0 Å². The summed E-state index contributed by atoms with van der Waals surface area (Å²) in [6.07, 6.45) is 2.89. The number of benzene rings is 1. The Labute approximate surface area is 179 Å². The number of nitrogens with one attached hydrogen (secondary N) is 1. The molecule has 0 saturated carbocycles. The molecule has 2 aliphatic rings. The molecule has 0 atom stereocenters. The highest BCUT2D eigenvalue weighted by atomic mass is 19.1. The SMILES string of the molecule is CC1(C)CCN(c2ccn(-c3cc(-c4c(F)cccc4C#N)nc4c3C(=O)NC4)n2)C1. The Morgan fingerprint density at radius 2 is 2.10 bits per heavy atom. The fourth-order valence-corrected chi connectivity index (χ4v) is 4.32. The molecule has 0 bridgehead atoms. The first-order chi connectivity index (χ1) is 14.9. The number of rotatable bonds is 3. The van der Waals surface area contributed by atoms with E-state index in [1.54, 1.807) is 23.0 Å². The van der Waals surface area contributed by atoms with Gasteiger partial charge in [0.2, 0.25) is 0 Å². The molecule has 3 aromatic rings. The number of anilines is 1. The van der Waals surface area contributed by atoms with Crippen LogP contribution in [0.2, 0.25) is 0 Å². The van der Waals surface area contributed by atoms with E-state index < -0.39 is 5.82 Å². The van der Waals surface area contributed by atoms with Crippen LogP contribution >= 0.6 is 0 Å². The molecule has 2 aromatic heterocycles. The Bertz CT molecular complexity index is 1260. The highest BCUT2D eigenvalue weighted by Gasteiger charge is 2.31. The van der Waals surface area contributed by atoms with Gasteiger partial charge in [-0.25, -0.2) is 14.1 Å².